The molecule has 1 spiro atoms. The molecule has 19 heavy (non-hydrogen) atoms. The zero-order valence-corrected chi connectivity index (χ0v) is 12.4. The molecule has 2 unspecified atom stereocenters. The summed E-state index contributed by atoms with van der Waals surface area (Å²) in [6, 6.07) is 0. The number of hydrogen-bond donors (Lipinski definition) is 0. The lowest BCUT2D eigenvalue weighted by molar-refractivity contribution is -0.240. The first-order valence-corrected chi connectivity index (χ1v) is 8.10. The lowest BCUT2D eigenvalue weighted by atomic mass is 9.57. The standard InChI is InChI=1S/C16H26N2O/c1-3-15-11-17-9-14(2,13(15)19)10-18(12-15)16(17)7-5-4-6-8-16/h3-12H2,1-2H3. The van der Waals surface area contributed by atoms with Gasteiger partial charge in [-0.05, 0) is 19.3 Å². The van der Waals surface area contributed by atoms with Gasteiger partial charge in [-0.3, -0.25) is 14.6 Å². The Morgan fingerprint density at radius 3 is 2.11 bits per heavy atom. The van der Waals surface area contributed by atoms with Crippen molar-refractivity contribution < 1.29 is 4.79 Å². The highest BCUT2D eigenvalue weighted by Crippen LogP contribution is 2.56. The summed E-state index contributed by atoms with van der Waals surface area (Å²) >= 11 is 0. The van der Waals surface area contributed by atoms with E-state index in [0.29, 0.717) is 11.4 Å². The van der Waals surface area contributed by atoms with E-state index in [9.17, 15) is 4.79 Å². The first kappa shape index (κ1) is 12.3. The van der Waals surface area contributed by atoms with E-state index in [2.05, 4.69) is 23.6 Å². The van der Waals surface area contributed by atoms with Crippen molar-refractivity contribution in [3.63, 3.8) is 0 Å². The van der Waals surface area contributed by atoms with Gasteiger partial charge in [0.05, 0.1) is 16.5 Å². The number of rotatable bonds is 1. The number of hydrogen-bond acceptors (Lipinski definition) is 3. The Kier molecular flexibility index (Phi) is 2.35. The second kappa shape index (κ2) is 3.62. The van der Waals surface area contributed by atoms with Crippen molar-refractivity contribution in [1.29, 1.82) is 0 Å². The van der Waals surface area contributed by atoms with Crippen molar-refractivity contribution in [3.05, 3.63) is 0 Å². The SMILES string of the molecule is CCC12CN3CC(C)(CN(C1)C31CCCCC1)C2=O. The van der Waals surface area contributed by atoms with E-state index >= 15 is 0 Å². The van der Waals surface area contributed by atoms with Gasteiger partial charge in [0, 0.05) is 26.2 Å². The number of carbonyl (C=O) groups excluding carboxylic acids is 1. The Bertz CT molecular complexity index is 406. The van der Waals surface area contributed by atoms with E-state index in [1.54, 1.807) is 0 Å². The molecule has 0 aromatic heterocycles. The van der Waals surface area contributed by atoms with Crippen LogP contribution in [0.25, 0.3) is 0 Å². The molecule has 4 heterocycles. The summed E-state index contributed by atoms with van der Waals surface area (Å²) in [5.41, 5.74) is 0.195. The number of Topliss-reactive ketones (excluding diaryl/α,β-unsaturated/α-hetero) is 1. The molecular weight excluding hydrogens is 236 g/mol. The van der Waals surface area contributed by atoms with Crippen LogP contribution in [0.2, 0.25) is 0 Å². The van der Waals surface area contributed by atoms with Crippen molar-refractivity contribution in [1.82, 2.24) is 9.80 Å². The summed E-state index contributed by atoms with van der Waals surface area (Å²) in [6.45, 7) is 8.54. The summed E-state index contributed by atoms with van der Waals surface area (Å²) in [5, 5.41) is 0. The normalized spacial score (nSPS) is 50.9. The lowest BCUT2D eigenvalue weighted by Gasteiger charge is -2.71. The highest BCUT2D eigenvalue weighted by molar-refractivity contribution is 5.93. The molecule has 5 aliphatic rings. The quantitative estimate of drug-likeness (QED) is 0.724. The van der Waals surface area contributed by atoms with Gasteiger partial charge < -0.3 is 0 Å². The van der Waals surface area contributed by atoms with Gasteiger partial charge in [0.1, 0.15) is 5.78 Å². The maximum atomic E-state index is 12.9. The number of nitrogens with zero attached hydrogens (tertiary/aromatic N) is 2. The third-order valence-electron chi connectivity index (χ3n) is 6.60. The molecular formula is C16H26N2O. The first-order valence-electron chi connectivity index (χ1n) is 8.10. The maximum absolute atomic E-state index is 12.9. The van der Waals surface area contributed by atoms with Crippen molar-refractivity contribution in [3.8, 4) is 0 Å². The van der Waals surface area contributed by atoms with Gasteiger partial charge in [0.25, 0.3) is 0 Å². The third-order valence-corrected chi connectivity index (χ3v) is 6.60. The largest absolute Gasteiger partial charge is 0.298 e. The number of ketones is 1. The smallest absolute Gasteiger partial charge is 0.150 e. The first-order chi connectivity index (χ1) is 9.05. The summed E-state index contributed by atoms with van der Waals surface area (Å²) in [5.74, 6) is 0.570. The molecule has 0 aromatic rings. The van der Waals surface area contributed by atoms with Crippen LogP contribution >= 0.6 is 0 Å². The minimum Gasteiger partial charge on any atom is -0.298 e. The van der Waals surface area contributed by atoms with E-state index in [1.165, 1.54) is 32.1 Å². The van der Waals surface area contributed by atoms with Gasteiger partial charge in [0.15, 0.2) is 0 Å². The average molecular weight is 262 g/mol. The number of piperidine rings is 2. The van der Waals surface area contributed by atoms with Crippen LogP contribution < -0.4 is 0 Å². The molecule has 0 amide bonds. The summed E-state index contributed by atoms with van der Waals surface area (Å²) in [4.78, 5) is 18.3. The van der Waals surface area contributed by atoms with Crippen LogP contribution in [0.4, 0.5) is 0 Å². The van der Waals surface area contributed by atoms with Crippen molar-refractivity contribution in [2.75, 3.05) is 26.2 Å². The average Bonchev–Trinajstić information content (AvgIpc) is 2.40. The second-order valence-corrected chi connectivity index (χ2v) is 7.78. The van der Waals surface area contributed by atoms with Crippen molar-refractivity contribution in [2.24, 2.45) is 10.8 Å². The van der Waals surface area contributed by atoms with E-state index in [1.807, 2.05) is 0 Å². The Hall–Kier alpha value is -0.410. The van der Waals surface area contributed by atoms with Crippen LogP contribution in [0.1, 0.15) is 52.4 Å². The molecule has 3 nitrogen and oxygen atoms in total. The molecule has 4 aliphatic heterocycles. The van der Waals surface area contributed by atoms with Crippen molar-refractivity contribution in [2.45, 2.75) is 58.0 Å². The molecule has 0 N–H and O–H groups in total. The molecule has 4 bridgehead atoms. The number of carbonyl (C=O) groups is 1. The van der Waals surface area contributed by atoms with Gasteiger partial charge in [0.2, 0.25) is 0 Å². The molecule has 0 radical (unpaired) electrons. The van der Waals surface area contributed by atoms with Gasteiger partial charge in [-0.15, -0.1) is 0 Å². The van der Waals surface area contributed by atoms with Gasteiger partial charge in [-0.25, -0.2) is 0 Å². The fourth-order valence-electron chi connectivity index (χ4n) is 5.64. The Morgan fingerprint density at radius 2 is 1.58 bits per heavy atom. The fourth-order valence-corrected chi connectivity index (χ4v) is 5.64. The topological polar surface area (TPSA) is 23.6 Å². The van der Waals surface area contributed by atoms with Crippen LogP contribution in [0.15, 0.2) is 0 Å². The molecule has 3 heteroatoms. The zero-order valence-electron chi connectivity index (χ0n) is 12.4. The van der Waals surface area contributed by atoms with Crippen LogP contribution in [0.5, 0.6) is 0 Å². The van der Waals surface area contributed by atoms with Gasteiger partial charge in [-0.1, -0.05) is 33.1 Å². The highest BCUT2D eigenvalue weighted by Gasteiger charge is 2.67. The Balaban J connectivity index is 1.76. The summed E-state index contributed by atoms with van der Waals surface area (Å²) < 4.78 is 0. The fraction of sp³-hybridized carbons (Fsp3) is 0.938. The molecule has 1 saturated carbocycles. The Labute approximate surface area is 116 Å². The van der Waals surface area contributed by atoms with Gasteiger partial charge in [-0.2, -0.15) is 0 Å². The van der Waals surface area contributed by atoms with E-state index < -0.39 is 0 Å². The molecule has 0 aromatic carbocycles. The van der Waals surface area contributed by atoms with Crippen LogP contribution in [-0.4, -0.2) is 47.4 Å². The molecule has 5 fully saturated rings. The molecule has 106 valence electrons. The second-order valence-electron chi connectivity index (χ2n) is 7.78. The van der Waals surface area contributed by atoms with Crippen molar-refractivity contribution >= 4 is 5.78 Å². The molecule has 2 atom stereocenters. The maximum Gasteiger partial charge on any atom is 0.150 e. The third kappa shape index (κ3) is 1.33. The molecule has 1 aliphatic carbocycles. The summed E-state index contributed by atoms with van der Waals surface area (Å²) in [6.07, 6.45) is 7.82. The van der Waals surface area contributed by atoms with Crippen LogP contribution in [-0.2, 0) is 4.79 Å². The van der Waals surface area contributed by atoms with E-state index in [4.69, 9.17) is 0 Å². The monoisotopic (exact) mass is 262 g/mol. The minimum absolute atomic E-state index is 0.0477. The zero-order chi connectivity index (χ0) is 13.3. The summed E-state index contributed by atoms with van der Waals surface area (Å²) in [7, 11) is 0. The highest BCUT2D eigenvalue weighted by atomic mass is 16.1. The molecule has 4 saturated heterocycles. The predicted octanol–water partition coefficient (Wildman–Crippen LogP) is 2.26. The predicted molar refractivity (Wildman–Crippen MR) is 74.8 cm³/mol. The van der Waals surface area contributed by atoms with E-state index in [-0.39, 0.29) is 10.8 Å². The Morgan fingerprint density at radius 1 is 1.00 bits per heavy atom. The minimum atomic E-state index is -0.0881. The lowest BCUT2D eigenvalue weighted by Crippen LogP contribution is -2.83. The van der Waals surface area contributed by atoms with E-state index in [0.717, 1.165) is 32.6 Å². The van der Waals surface area contributed by atoms with Crippen LogP contribution in [0.3, 0.4) is 0 Å². The van der Waals surface area contributed by atoms with Crippen LogP contribution in [0, 0.1) is 10.8 Å². The van der Waals surface area contributed by atoms with Gasteiger partial charge >= 0.3 is 0 Å². The molecule has 5 rings (SSSR count).